The molecule has 1 aliphatic rings. The van der Waals surface area contributed by atoms with Crippen LogP contribution in [0, 0.1) is 0 Å². The Hall–Kier alpha value is -2.15. The van der Waals surface area contributed by atoms with Crippen LogP contribution in [0.1, 0.15) is 0 Å². The Morgan fingerprint density at radius 2 is 2.44 bits per heavy atom. The van der Waals surface area contributed by atoms with E-state index in [-0.39, 0.29) is 38.1 Å². The van der Waals surface area contributed by atoms with Crippen molar-refractivity contribution >= 4 is 17.6 Å². The summed E-state index contributed by atoms with van der Waals surface area (Å²) >= 11 is 0. The van der Waals surface area contributed by atoms with Crippen molar-refractivity contribution in [3.8, 4) is 5.75 Å². The summed E-state index contributed by atoms with van der Waals surface area (Å²) < 4.78 is 5.20. The average Bonchev–Trinajstić information content (AvgIpc) is 2.40. The lowest BCUT2D eigenvalue weighted by Gasteiger charge is -2.27. The Labute approximate surface area is 103 Å². The number of pyridine rings is 1. The predicted octanol–water partition coefficient (Wildman–Crippen LogP) is -1.08. The fourth-order valence-electron chi connectivity index (χ4n) is 1.59. The lowest BCUT2D eigenvalue weighted by molar-refractivity contribution is -0.125. The second kappa shape index (κ2) is 5.46. The first-order valence-electron chi connectivity index (χ1n) is 5.48. The van der Waals surface area contributed by atoms with Gasteiger partial charge in [0.15, 0.2) is 18.2 Å². The van der Waals surface area contributed by atoms with Gasteiger partial charge in [-0.15, -0.1) is 0 Å². The van der Waals surface area contributed by atoms with Crippen molar-refractivity contribution in [3.05, 3.63) is 18.3 Å². The number of hydrogen-bond donors (Lipinski definition) is 2. The molecule has 0 aromatic carbocycles. The van der Waals surface area contributed by atoms with E-state index in [9.17, 15) is 9.59 Å². The maximum atomic E-state index is 11.7. The highest BCUT2D eigenvalue weighted by molar-refractivity contribution is 6.01. The Balaban J connectivity index is 2.12. The molecule has 1 aliphatic heterocycles. The highest BCUT2D eigenvalue weighted by atomic mass is 16.5. The zero-order valence-electron chi connectivity index (χ0n) is 9.63. The third-order valence-electron chi connectivity index (χ3n) is 2.39. The number of aliphatic hydroxyl groups excluding tert-OH is 1. The zero-order valence-corrected chi connectivity index (χ0v) is 9.63. The minimum absolute atomic E-state index is 0.105. The number of nitrogens with one attached hydrogen (secondary N) is 1. The standard InChI is InChI=1S/C11H13N3O4/c15-5-4-12-9(16)6-14-10(17)7-18-8-2-1-3-13-11(8)14/h1-3,15H,4-7H2,(H,12,16). The molecule has 0 saturated heterocycles. The number of hydrogen-bond acceptors (Lipinski definition) is 5. The van der Waals surface area contributed by atoms with Crippen LogP contribution in [0.2, 0.25) is 0 Å². The van der Waals surface area contributed by atoms with Crippen molar-refractivity contribution in [2.24, 2.45) is 0 Å². The largest absolute Gasteiger partial charge is 0.480 e. The van der Waals surface area contributed by atoms with E-state index >= 15 is 0 Å². The summed E-state index contributed by atoms with van der Waals surface area (Å²) in [6.07, 6.45) is 1.53. The van der Waals surface area contributed by atoms with Gasteiger partial charge in [-0.25, -0.2) is 4.98 Å². The molecule has 0 aliphatic carbocycles. The molecule has 0 atom stereocenters. The van der Waals surface area contributed by atoms with Crippen molar-refractivity contribution < 1.29 is 19.4 Å². The quantitative estimate of drug-likeness (QED) is 0.710. The van der Waals surface area contributed by atoms with Gasteiger partial charge in [0.05, 0.1) is 6.61 Å². The molecule has 2 rings (SSSR count). The normalized spacial score (nSPS) is 13.8. The zero-order chi connectivity index (χ0) is 13.0. The molecule has 0 unspecified atom stereocenters. The number of ether oxygens (including phenoxy) is 1. The van der Waals surface area contributed by atoms with E-state index in [4.69, 9.17) is 9.84 Å². The van der Waals surface area contributed by atoms with Crippen molar-refractivity contribution in [2.45, 2.75) is 0 Å². The molecule has 0 fully saturated rings. The van der Waals surface area contributed by atoms with Gasteiger partial charge >= 0.3 is 0 Å². The molecular formula is C11H13N3O4. The molecular weight excluding hydrogens is 238 g/mol. The Morgan fingerprint density at radius 3 is 3.22 bits per heavy atom. The minimum Gasteiger partial charge on any atom is -0.480 e. The first kappa shape index (κ1) is 12.3. The molecule has 1 aromatic rings. The summed E-state index contributed by atoms with van der Waals surface area (Å²) in [6.45, 7) is -0.220. The number of fused-ring (bicyclic) bond motifs is 1. The molecule has 2 heterocycles. The van der Waals surface area contributed by atoms with Crippen LogP contribution in [-0.2, 0) is 9.59 Å². The number of anilines is 1. The van der Waals surface area contributed by atoms with Gasteiger partial charge in [0.1, 0.15) is 6.54 Å². The van der Waals surface area contributed by atoms with Gasteiger partial charge < -0.3 is 15.2 Å². The number of aliphatic hydroxyl groups is 1. The van der Waals surface area contributed by atoms with Gasteiger partial charge in [-0.2, -0.15) is 0 Å². The first-order valence-corrected chi connectivity index (χ1v) is 5.48. The lowest BCUT2D eigenvalue weighted by atomic mass is 10.3. The highest BCUT2D eigenvalue weighted by Crippen LogP contribution is 2.28. The van der Waals surface area contributed by atoms with E-state index < -0.39 is 0 Å². The molecule has 2 amide bonds. The maximum absolute atomic E-state index is 11.7. The molecule has 2 N–H and O–H groups in total. The van der Waals surface area contributed by atoms with Crippen LogP contribution in [0.4, 0.5) is 5.82 Å². The maximum Gasteiger partial charge on any atom is 0.266 e. The highest BCUT2D eigenvalue weighted by Gasteiger charge is 2.28. The summed E-state index contributed by atoms with van der Waals surface area (Å²) in [5.74, 6) is 0.149. The summed E-state index contributed by atoms with van der Waals surface area (Å²) in [5, 5.41) is 11.1. The van der Waals surface area contributed by atoms with E-state index in [2.05, 4.69) is 10.3 Å². The smallest absolute Gasteiger partial charge is 0.266 e. The second-order valence-electron chi connectivity index (χ2n) is 3.67. The number of aromatic nitrogens is 1. The molecule has 0 radical (unpaired) electrons. The van der Waals surface area contributed by atoms with Gasteiger partial charge in [0.2, 0.25) is 5.91 Å². The van der Waals surface area contributed by atoms with E-state index in [0.717, 1.165) is 0 Å². The van der Waals surface area contributed by atoms with Gasteiger partial charge in [-0.05, 0) is 12.1 Å². The summed E-state index contributed by atoms with van der Waals surface area (Å²) in [5.41, 5.74) is 0. The van der Waals surface area contributed by atoms with Gasteiger partial charge in [-0.3, -0.25) is 14.5 Å². The molecule has 7 heteroatoms. The second-order valence-corrected chi connectivity index (χ2v) is 3.67. The van der Waals surface area contributed by atoms with Crippen molar-refractivity contribution in [1.29, 1.82) is 0 Å². The topological polar surface area (TPSA) is 91.8 Å². The minimum atomic E-state index is -0.351. The number of carbonyl (C=O) groups excluding carboxylic acids is 2. The van der Waals surface area contributed by atoms with Gasteiger partial charge in [0.25, 0.3) is 5.91 Å². The molecule has 0 spiro atoms. The Kier molecular flexibility index (Phi) is 3.73. The van der Waals surface area contributed by atoms with Crippen LogP contribution in [0.25, 0.3) is 0 Å². The number of carbonyl (C=O) groups is 2. The SMILES string of the molecule is O=C(CN1C(=O)COc2cccnc21)NCCO. The van der Waals surface area contributed by atoms with Gasteiger partial charge in [-0.1, -0.05) is 0 Å². The van der Waals surface area contributed by atoms with Crippen LogP contribution >= 0.6 is 0 Å². The molecule has 96 valence electrons. The Bertz CT molecular complexity index is 463. The third kappa shape index (κ3) is 2.57. The summed E-state index contributed by atoms with van der Waals surface area (Å²) in [4.78, 5) is 28.5. The lowest BCUT2D eigenvalue weighted by Crippen LogP contribution is -2.46. The number of amides is 2. The van der Waals surface area contributed by atoms with Gasteiger partial charge in [0, 0.05) is 12.7 Å². The van der Waals surface area contributed by atoms with Crippen LogP contribution < -0.4 is 15.0 Å². The number of rotatable bonds is 4. The monoisotopic (exact) mass is 251 g/mol. The molecule has 18 heavy (non-hydrogen) atoms. The van der Waals surface area contributed by atoms with E-state index in [1.807, 2.05) is 0 Å². The van der Waals surface area contributed by atoms with Crippen molar-refractivity contribution in [3.63, 3.8) is 0 Å². The van der Waals surface area contributed by atoms with E-state index in [1.54, 1.807) is 12.1 Å². The third-order valence-corrected chi connectivity index (χ3v) is 2.39. The van der Waals surface area contributed by atoms with Crippen molar-refractivity contribution in [2.75, 3.05) is 31.2 Å². The van der Waals surface area contributed by atoms with Crippen LogP contribution in [0.5, 0.6) is 5.75 Å². The van der Waals surface area contributed by atoms with Crippen LogP contribution in [0.3, 0.4) is 0 Å². The average molecular weight is 251 g/mol. The van der Waals surface area contributed by atoms with E-state index in [1.165, 1.54) is 11.1 Å². The molecule has 7 nitrogen and oxygen atoms in total. The van der Waals surface area contributed by atoms with E-state index in [0.29, 0.717) is 11.6 Å². The molecule has 1 aromatic heterocycles. The fraction of sp³-hybridized carbons (Fsp3) is 0.364. The Morgan fingerprint density at radius 1 is 1.61 bits per heavy atom. The molecule has 0 saturated carbocycles. The van der Waals surface area contributed by atoms with Crippen LogP contribution in [0.15, 0.2) is 18.3 Å². The number of nitrogens with zero attached hydrogens (tertiary/aromatic N) is 2. The fourth-order valence-corrected chi connectivity index (χ4v) is 1.59. The first-order chi connectivity index (χ1) is 8.72. The molecule has 0 bridgehead atoms. The predicted molar refractivity (Wildman–Crippen MR) is 62.2 cm³/mol. The van der Waals surface area contributed by atoms with Crippen LogP contribution in [-0.4, -0.2) is 48.2 Å². The summed E-state index contributed by atoms with van der Waals surface area (Å²) in [7, 11) is 0. The van der Waals surface area contributed by atoms with Crippen molar-refractivity contribution in [1.82, 2.24) is 10.3 Å². The summed E-state index contributed by atoms with van der Waals surface area (Å²) in [6, 6.07) is 3.38.